The molecule has 0 saturated carbocycles. The topological polar surface area (TPSA) is 96.6 Å². The SMILES string of the molecule is COc1cc(/C=C2\C(=N)N3N=C(C(F)(F)F)SC3=NC2=O)ccc1OCCOc1cc(C)ccc1C(C)C. The molecule has 12 heteroatoms. The molecule has 2 aliphatic heterocycles. The van der Waals surface area contributed by atoms with Crippen LogP contribution in [0.5, 0.6) is 17.2 Å². The lowest BCUT2D eigenvalue weighted by Gasteiger charge is -2.20. The Morgan fingerprint density at radius 3 is 2.45 bits per heavy atom. The van der Waals surface area contributed by atoms with Gasteiger partial charge in [0, 0.05) is 0 Å². The van der Waals surface area contributed by atoms with Gasteiger partial charge < -0.3 is 14.2 Å². The van der Waals surface area contributed by atoms with Gasteiger partial charge in [-0.05, 0) is 65.6 Å². The molecule has 0 bridgehead atoms. The molecule has 4 rings (SSSR count). The average Bonchev–Trinajstić information content (AvgIpc) is 3.29. The van der Waals surface area contributed by atoms with Crippen LogP contribution in [0.2, 0.25) is 0 Å². The van der Waals surface area contributed by atoms with Crippen molar-refractivity contribution in [3.63, 3.8) is 0 Å². The third-order valence-electron chi connectivity index (χ3n) is 5.59. The molecule has 0 radical (unpaired) electrons. The first-order valence-electron chi connectivity index (χ1n) is 11.6. The van der Waals surface area contributed by atoms with Crippen LogP contribution < -0.4 is 14.2 Å². The van der Waals surface area contributed by atoms with Gasteiger partial charge in [-0.25, -0.2) is 0 Å². The highest BCUT2D eigenvalue weighted by atomic mass is 32.2. The second kappa shape index (κ2) is 10.9. The van der Waals surface area contributed by atoms with Gasteiger partial charge in [0.1, 0.15) is 19.0 Å². The second-order valence-electron chi connectivity index (χ2n) is 8.73. The standard InChI is InChI=1S/C26H25F3N4O4S/c1-14(2)17-7-5-15(3)11-20(17)37-10-9-36-19-8-6-16(13-21(19)35-4)12-18-22(30)33-25(31-23(18)34)38-24(32-33)26(27,28)29/h5-8,11-14,30H,9-10H2,1-4H3/b18-12+,30-22?. The molecule has 0 atom stereocenters. The van der Waals surface area contributed by atoms with Crippen molar-refractivity contribution in [2.24, 2.45) is 10.1 Å². The van der Waals surface area contributed by atoms with Gasteiger partial charge in [0.05, 0.1) is 12.7 Å². The van der Waals surface area contributed by atoms with Crippen LogP contribution in [0, 0.1) is 12.3 Å². The van der Waals surface area contributed by atoms with Crippen molar-refractivity contribution in [2.45, 2.75) is 32.9 Å². The van der Waals surface area contributed by atoms with Gasteiger partial charge in [0.25, 0.3) is 5.91 Å². The van der Waals surface area contributed by atoms with Gasteiger partial charge in [0.15, 0.2) is 17.3 Å². The molecule has 2 heterocycles. The molecule has 0 saturated heterocycles. The van der Waals surface area contributed by atoms with Crippen molar-refractivity contribution in [1.29, 1.82) is 5.41 Å². The third-order valence-corrected chi connectivity index (χ3v) is 6.54. The Kier molecular flexibility index (Phi) is 7.81. The fourth-order valence-corrected chi connectivity index (χ4v) is 4.47. The van der Waals surface area contributed by atoms with Crippen molar-refractivity contribution >= 4 is 39.8 Å². The third kappa shape index (κ3) is 5.85. The van der Waals surface area contributed by atoms with E-state index >= 15 is 0 Å². The first kappa shape index (κ1) is 27.2. The molecule has 200 valence electrons. The molecule has 1 amide bonds. The normalized spacial score (nSPS) is 16.5. The minimum Gasteiger partial charge on any atom is -0.493 e. The molecule has 0 fully saturated rings. The summed E-state index contributed by atoms with van der Waals surface area (Å²) in [6, 6.07) is 10.9. The number of carbonyl (C=O) groups is 1. The molecule has 2 aliphatic rings. The zero-order valence-electron chi connectivity index (χ0n) is 21.0. The summed E-state index contributed by atoms with van der Waals surface area (Å²) in [6.07, 6.45) is -3.36. The van der Waals surface area contributed by atoms with Gasteiger partial charge in [0.2, 0.25) is 10.2 Å². The molecule has 0 spiro atoms. The maximum atomic E-state index is 13.0. The van der Waals surface area contributed by atoms with Crippen LogP contribution in [0.25, 0.3) is 6.08 Å². The molecule has 8 nitrogen and oxygen atoms in total. The number of ether oxygens (including phenoxy) is 3. The van der Waals surface area contributed by atoms with E-state index in [0.717, 1.165) is 16.9 Å². The summed E-state index contributed by atoms with van der Waals surface area (Å²) in [5, 5.41) is 10.8. The summed E-state index contributed by atoms with van der Waals surface area (Å²) in [6.45, 7) is 6.74. The minimum absolute atomic E-state index is 0.201. The van der Waals surface area contributed by atoms with E-state index in [9.17, 15) is 18.0 Å². The number of hydrogen-bond donors (Lipinski definition) is 1. The highest BCUT2D eigenvalue weighted by molar-refractivity contribution is 8.27. The fraction of sp³-hybridized carbons (Fsp3) is 0.308. The van der Waals surface area contributed by atoms with Crippen LogP contribution in [0.1, 0.15) is 36.5 Å². The molecule has 38 heavy (non-hydrogen) atoms. The lowest BCUT2D eigenvalue weighted by Crippen LogP contribution is -2.35. The van der Waals surface area contributed by atoms with Crippen LogP contribution in [-0.4, -0.2) is 53.5 Å². The molecular weight excluding hydrogens is 521 g/mol. The Morgan fingerprint density at radius 1 is 1.08 bits per heavy atom. The van der Waals surface area contributed by atoms with Crippen molar-refractivity contribution in [3.05, 3.63) is 58.7 Å². The van der Waals surface area contributed by atoms with E-state index in [2.05, 4.69) is 30.0 Å². The van der Waals surface area contributed by atoms with Gasteiger partial charge in [-0.2, -0.15) is 28.3 Å². The summed E-state index contributed by atoms with van der Waals surface area (Å²) in [7, 11) is 1.45. The number of amidine groups is 2. The van der Waals surface area contributed by atoms with Crippen LogP contribution in [0.4, 0.5) is 13.2 Å². The van der Waals surface area contributed by atoms with E-state index in [1.165, 1.54) is 13.2 Å². The van der Waals surface area contributed by atoms with Gasteiger partial charge >= 0.3 is 6.18 Å². The van der Waals surface area contributed by atoms with Crippen LogP contribution in [-0.2, 0) is 4.79 Å². The quantitative estimate of drug-likeness (QED) is 0.334. The van der Waals surface area contributed by atoms with Crippen LogP contribution >= 0.6 is 11.8 Å². The van der Waals surface area contributed by atoms with Gasteiger partial charge in [-0.3, -0.25) is 10.2 Å². The Bertz CT molecular complexity index is 1370. The molecule has 0 aromatic heterocycles. The Hall–Kier alpha value is -3.80. The van der Waals surface area contributed by atoms with Crippen molar-refractivity contribution in [2.75, 3.05) is 20.3 Å². The van der Waals surface area contributed by atoms with Crippen molar-refractivity contribution in [1.82, 2.24) is 5.01 Å². The van der Waals surface area contributed by atoms with Crippen molar-refractivity contribution < 1.29 is 32.2 Å². The van der Waals surface area contributed by atoms with Crippen LogP contribution in [0.3, 0.4) is 0 Å². The number of nitrogens with one attached hydrogen (secondary N) is 1. The summed E-state index contributed by atoms with van der Waals surface area (Å²) < 4.78 is 56.2. The number of nitrogens with zero attached hydrogens (tertiary/aromatic N) is 3. The molecule has 2 aromatic carbocycles. The Morgan fingerprint density at radius 2 is 1.79 bits per heavy atom. The number of thioether (sulfide) groups is 1. The van der Waals surface area contributed by atoms with E-state index in [4.69, 9.17) is 19.6 Å². The maximum absolute atomic E-state index is 13.0. The fourth-order valence-electron chi connectivity index (χ4n) is 3.71. The smallest absolute Gasteiger partial charge is 0.441 e. The monoisotopic (exact) mass is 546 g/mol. The zero-order chi connectivity index (χ0) is 27.6. The van der Waals surface area contributed by atoms with E-state index in [1.54, 1.807) is 18.2 Å². The number of methoxy groups -OCH3 is 1. The number of halogens is 3. The molecule has 2 aromatic rings. The van der Waals surface area contributed by atoms with E-state index in [-0.39, 0.29) is 29.1 Å². The second-order valence-corrected chi connectivity index (χ2v) is 9.68. The summed E-state index contributed by atoms with van der Waals surface area (Å²) in [4.78, 5) is 16.1. The lowest BCUT2D eigenvalue weighted by molar-refractivity contribution is -0.114. The number of hydrogen-bond acceptors (Lipinski definition) is 7. The number of fused-ring (bicyclic) bond motifs is 1. The summed E-state index contributed by atoms with van der Waals surface area (Å²) in [5.74, 6) is 0.593. The first-order chi connectivity index (χ1) is 18.0. The van der Waals surface area contributed by atoms with Crippen LogP contribution in [0.15, 0.2) is 52.1 Å². The summed E-state index contributed by atoms with van der Waals surface area (Å²) >= 11 is 0.201. The minimum atomic E-state index is -4.71. The summed E-state index contributed by atoms with van der Waals surface area (Å²) in [5.41, 5.74) is 2.46. The first-order valence-corrected chi connectivity index (χ1v) is 12.4. The number of carbonyl (C=O) groups excluding carboxylic acids is 1. The zero-order valence-corrected chi connectivity index (χ0v) is 21.9. The van der Waals surface area contributed by atoms with E-state index in [0.29, 0.717) is 34.6 Å². The number of aryl methyl sites for hydroxylation is 1. The van der Waals surface area contributed by atoms with Crippen molar-refractivity contribution in [3.8, 4) is 17.2 Å². The van der Waals surface area contributed by atoms with Gasteiger partial charge in [-0.15, -0.1) is 0 Å². The van der Waals surface area contributed by atoms with Gasteiger partial charge in [-0.1, -0.05) is 32.0 Å². The predicted octanol–water partition coefficient (Wildman–Crippen LogP) is 5.77. The lowest BCUT2D eigenvalue weighted by atomic mass is 10.0. The highest BCUT2D eigenvalue weighted by Crippen LogP contribution is 2.36. The number of alkyl halides is 3. The molecule has 0 aliphatic carbocycles. The number of rotatable bonds is 8. The molecule has 1 N–H and O–H groups in total. The van der Waals surface area contributed by atoms with E-state index < -0.39 is 23.0 Å². The number of benzene rings is 2. The predicted molar refractivity (Wildman–Crippen MR) is 140 cm³/mol. The highest BCUT2D eigenvalue weighted by Gasteiger charge is 2.46. The Balaban J connectivity index is 1.45. The number of hydrazone groups is 1. The van der Waals surface area contributed by atoms with E-state index in [1.807, 2.05) is 19.1 Å². The average molecular weight is 547 g/mol. The molecular formula is C26H25F3N4O4S. The molecule has 0 unspecified atom stereocenters. The Labute approximate surface area is 221 Å². The maximum Gasteiger partial charge on any atom is 0.441 e. The largest absolute Gasteiger partial charge is 0.493 e. The number of aliphatic imine (C=N–C) groups is 1. The number of amides is 1.